The van der Waals surface area contributed by atoms with Crippen molar-refractivity contribution in [1.82, 2.24) is 0 Å². The number of rotatable bonds is 4. The van der Waals surface area contributed by atoms with Crippen molar-refractivity contribution < 1.29 is 19.4 Å². The van der Waals surface area contributed by atoms with E-state index in [4.69, 9.17) is 15.9 Å². The van der Waals surface area contributed by atoms with Gasteiger partial charge in [0.2, 0.25) is 0 Å². The van der Waals surface area contributed by atoms with Gasteiger partial charge in [-0.1, -0.05) is 12.1 Å². The maximum atomic E-state index is 12.5. The summed E-state index contributed by atoms with van der Waals surface area (Å²) in [5.74, 6) is -1.31. The Morgan fingerprint density at radius 2 is 1.93 bits per heavy atom. The van der Waals surface area contributed by atoms with Gasteiger partial charge in [0, 0.05) is 6.42 Å². The van der Waals surface area contributed by atoms with Gasteiger partial charge < -0.3 is 15.9 Å². The highest BCUT2D eigenvalue weighted by Gasteiger charge is 2.34. The lowest BCUT2D eigenvalue weighted by Gasteiger charge is -2.20. The molecule has 1 atom stereocenters. The zero-order valence-corrected chi connectivity index (χ0v) is 7.98. The molecular weight excluding hydrogens is 201 g/mol. The molecule has 1 rings (SSSR count). The second-order valence-electron chi connectivity index (χ2n) is 3.44. The van der Waals surface area contributed by atoms with Crippen LogP contribution in [0.4, 0.5) is 4.39 Å². The number of halogens is 1. The average Bonchev–Trinajstić information content (AvgIpc) is 2.21. The molecule has 1 unspecified atom stereocenters. The third-order valence-corrected chi connectivity index (χ3v) is 2.12. The van der Waals surface area contributed by atoms with Crippen LogP contribution in [0.1, 0.15) is 5.56 Å². The summed E-state index contributed by atoms with van der Waals surface area (Å²) in [6, 6.07) is 5.82. The van der Waals surface area contributed by atoms with Gasteiger partial charge >= 0.3 is 5.97 Å². The number of carboxylic acids is 1. The van der Waals surface area contributed by atoms with Crippen LogP contribution in [0.5, 0.6) is 5.75 Å². The van der Waals surface area contributed by atoms with Crippen LogP contribution >= 0.6 is 0 Å². The first-order valence-electron chi connectivity index (χ1n) is 4.34. The van der Waals surface area contributed by atoms with Gasteiger partial charge in [0.05, 0.1) is 0 Å². The maximum Gasteiger partial charge on any atom is 0.326 e. The van der Waals surface area contributed by atoms with E-state index < -0.39 is 18.2 Å². The molecule has 0 spiro atoms. The topological polar surface area (TPSA) is 83.5 Å². The minimum absolute atomic E-state index is 0.0666. The van der Waals surface area contributed by atoms with E-state index in [1.165, 1.54) is 24.3 Å². The average molecular weight is 213 g/mol. The number of alkyl halides is 1. The summed E-state index contributed by atoms with van der Waals surface area (Å²) in [6.07, 6.45) is -0.112. The lowest BCUT2D eigenvalue weighted by atomic mass is 9.93. The van der Waals surface area contributed by atoms with E-state index in [0.717, 1.165) is 0 Å². The molecule has 1 aromatic carbocycles. The third kappa shape index (κ3) is 2.66. The molecule has 4 N–H and O–H groups in total. The van der Waals surface area contributed by atoms with Crippen molar-refractivity contribution in [1.29, 1.82) is 0 Å². The first kappa shape index (κ1) is 11.5. The molecule has 0 heterocycles. The summed E-state index contributed by atoms with van der Waals surface area (Å²) in [4.78, 5) is 10.7. The van der Waals surface area contributed by atoms with Gasteiger partial charge in [0.15, 0.2) is 0 Å². The van der Waals surface area contributed by atoms with Gasteiger partial charge in [-0.3, -0.25) is 4.79 Å². The second-order valence-corrected chi connectivity index (χ2v) is 3.44. The van der Waals surface area contributed by atoms with Gasteiger partial charge in [0.1, 0.15) is 18.0 Å². The maximum absolute atomic E-state index is 12.5. The number of hydrogen-bond acceptors (Lipinski definition) is 3. The Hall–Kier alpha value is -1.62. The van der Waals surface area contributed by atoms with Crippen LogP contribution in [0.25, 0.3) is 0 Å². The molecule has 0 saturated carbocycles. The lowest BCUT2D eigenvalue weighted by Crippen LogP contribution is -2.52. The molecule has 0 aliphatic carbocycles. The van der Waals surface area contributed by atoms with Crippen molar-refractivity contribution in [3.05, 3.63) is 29.8 Å². The number of carboxylic acid groups (broad SMARTS) is 1. The Morgan fingerprint density at radius 1 is 1.40 bits per heavy atom. The van der Waals surface area contributed by atoms with E-state index in [0.29, 0.717) is 5.56 Å². The molecule has 5 heteroatoms. The second kappa shape index (κ2) is 4.27. The van der Waals surface area contributed by atoms with E-state index in [1.807, 2.05) is 0 Å². The summed E-state index contributed by atoms with van der Waals surface area (Å²) in [5.41, 5.74) is 4.05. The van der Waals surface area contributed by atoms with Crippen molar-refractivity contribution in [2.45, 2.75) is 12.0 Å². The van der Waals surface area contributed by atoms with Crippen molar-refractivity contribution in [3.8, 4) is 5.75 Å². The molecular formula is C10H12FNO3. The van der Waals surface area contributed by atoms with Crippen LogP contribution in [0.15, 0.2) is 24.3 Å². The molecule has 15 heavy (non-hydrogen) atoms. The molecule has 0 saturated heterocycles. The highest BCUT2D eigenvalue weighted by molar-refractivity contribution is 5.79. The Balaban J connectivity index is 2.84. The number of nitrogens with two attached hydrogens (primary N) is 1. The number of aromatic hydroxyl groups is 1. The monoisotopic (exact) mass is 213 g/mol. The molecule has 1 aromatic rings. The molecule has 0 fully saturated rings. The summed E-state index contributed by atoms with van der Waals surface area (Å²) in [7, 11) is 0. The van der Waals surface area contributed by atoms with Gasteiger partial charge in [-0.2, -0.15) is 0 Å². The summed E-state index contributed by atoms with van der Waals surface area (Å²) < 4.78 is 12.5. The van der Waals surface area contributed by atoms with Crippen LogP contribution < -0.4 is 5.73 Å². The molecule has 4 nitrogen and oxygen atoms in total. The fourth-order valence-corrected chi connectivity index (χ4v) is 1.16. The molecule has 82 valence electrons. The molecule has 0 amide bonds. The van der Waals surface area contributed by atoms with Crippen LogP contribution in [-0.2, 0) is 11.2 Å². The minimum atomic E-state index is -1.89. The standard InChI is InChI=1S/C10H12FNO3/c11-6-10(12,9(14)15)5-7-1-3-8(13)4-2-7/h1-4,13H,5-6,12H2,(H,14,15). The van der Waals surface area contributed by atoms with Gasteiger partial charge in [-0.05, 0) is 17.7 Å². The summed E-state index contributed by atoms with van der Waals surface area (Å²) >= 11 is 0. The van der Waals surface area contributed by atoms with Crippen molar-refractivity contribution in [3.63, 3.8) is 0 Å². The van der Waals surface area contributed by atoms with E-state index >= 15 is 0 Å². The predicted molar refractivity (Wildman–Crippen MR) is 52.3 cm³/mol. The fraction of sp³-hybridized carbons (Fsp3) is 0.300. The Labute approximate surface area is 86.1 Å². The summed E-state index contributed by atoms with van der Waals surface area (Å²) in [5, 5.41) is 17.7. The molecule has 0 aliphatic heterocycles. The molecule has 0 radical (unpaired) electrons. The largest absolute Gasteiger partial charge is 0.508 e. The first-order valence-corrected chi connectivity index (χ1v) is 4.34. The van der Waals surface area contributed by atoms with Crippen LogP contribution in [0, 0.1) is 0 Å². The first-order chi connectivity index (χ1) is 6.98. The Morgan fingerprint density at radius 3 is 2.33 bits per heavy atom. The predicted octanol–water partition coefficient (Wildman–Crippen LogP) is 0.686. The molecule has 0 aliphatic rings. The molecule has 0 bridgehead atoms. The van der Waals surface area contributed by atoms with Crippen molar-refractivity contribution in [2.24, 2.45) is 5.73 Å². The van der Waals surface area contributed by atoms with Gasteiger partial charge in [-0.25, -0.2) is 4.39 Å². The number of phenolic OH excluding ortho intramolecular Hbond substituents is 1. The smallest absolute Gasteiger partial charge is 0.326 e. The number of benzene rings is 1. The quantitative estimate of drug-likeness (QED) is 0.687. The zero-order chi connectivity index (χ0) is 11.5. The highest BCUT2D eigenvalue weighted by Crippen LogP contribution is 2.15. The number of carbonyl (C=O) groups is 1. The van der Waals surface area contributed by atoms with E-state index in [9.17, 15) is 9.18 Å². The van der Waals surface area contributed by atoms with E-state index in [2.05, 4.69) is 0 Å². The minimum Gasteiger partial charge on any atom is -0.508 e. The SMILES string of the molecule is NC(CF)(Cc1ccc(O)cc1)C(=O)O. The van der Waals surface area contributed by atoms with Crippen LogP contribution in [0.3, 0.4) is 0 Å². The summed E-state index contributed by atoms with van der Waals surface area (Å²) in [6.45, 7) is -1.14. The van der Waals surface area contributed by atoms with Gasteiger partial charge in [0.25, 0.3) is 0 Å². The van der Waals surface area contributed by atoms with Crippen molar-refractivity contribution in [2.75, 3.05) is 6.67 Å². The highest BCUT2D eigenvalue weighted by atomic mass is 19.1. The number of phenols is 1. The Kier molecular flexibility index (Phi) is 3.26. The van der Waals surface area contributed by atoms with Crippen LogP contribution in [-0.4, -0.2) is 28.4 Å². The van der Waals surface area contributed by atoms with Crippen LogP contribution in [0.2, 0.25) is 0 Å². The van der Waals surface area contributed by atoms with E-state index in [1.54, 1.807) is 0 Å². The Bertz CT molecular complexity index is 352. The zero-order valence-electron chi connectivity index (χ0n) is 7.98. The number of hydrogen-bond donors (Lipinski definition) is 3. The molecule has 0 aromatic heterocycles. The number of aliphatic carboxylic acids is 1. The fourth-order valence-electron chi connectivity index (χ4n) is 1.16. The van der Waals surface area contributed by atoms with Gasteiger partial charge in [-0.15, -0.1) is 0 Å². The third-order valence-electron chi connectivity index (χ3n) is 2.12. The lowest BCUT2D eigenvalue weighted by molar-refractivity contribution is -0.143. The van der Waals surface area contributed by atoms with Crippen molar-refractivity contribution >= 4 is 5.97 Å². The van der Waals surface area contributed by atoms with E-state index in [-0.39, 0.29) is 12.2 Å². The normalized spacial score (nSPS) is 14.5.